The van der Waals surface area contributed by atoms with Crippen LogP contribution in [0.5, 0.6) is 0 Å². The van der Waals surface area contributed by atoms with Crippen LogP contribution in [0.25, 0.3) is 0 Å². The number of halogens is 1. The molecule has 1 rings (SSSR count). The first-order chi connectivity index (χ1) is 7.58. The van der Waals surface area contributed by atoms with Crippen molar-refractivity contribution >= 4 is 27.5 Å². The van der Waals surface area contributed by atoms with E-state index >= 15 is 0 Å². The van der Waals surface area contributed by atoms with Crippen LogP contribution in [-0.4, -0.2) is 23.7 Å². The van der Waals surface area contributed by atoms with Crippen LogP contribution in [0.4, 0.5) is 5.69 Å². The Kier molecular flexibility index (Phi) is 4.76. The Labute approximate surface area is 103 Å². The molecule has 4 nitrogen and oxygen atoms in total. The van der Waals surface area contributed by atoms with E-state index in [-0.39, 0.29) is 18.6 Å². The Morgan fingerprint density at radius 2 is 2.31 bits per heavy atom. The molecule has 1 amide bonds. The van der Waals surface area contributed by atoms with E-state index in [4.69, 9.17) is 10.8 Å². The average molecular weight is 287 g/mol. The smallest absolute Gasteiger partial charge is 0.252 e. The maximum atomic E-state index is 11.8. The summed E-state index contributed by atoms with van der Waals surface area (Å²) in [4.78, 5) is 11.8. The Morgan fingerprint density at radius 3 is 2.88 bits per heavy atom. The summed E-state index contributed by atoms with van der Waals surface area (Å²) in [5, 5.41) is 11.7. The highest BCUT2D eigenvalue weighted by Crippen LogP contribution is 2.19. The molecule has 0 spiro atoms. The van der Waals surface area contributed by atoms with Gasteiger partial charge in [0.25, 0.3) is 5.91 Å². The third-order valence-electron chi connectivity index (χ3n) is 2.28. The molecular formula is C11H15BrN2O2. The third kappa shape index (κ3) is 3.21. The summed E-state index contributed by atoms with van der Waals surface area (Å²) < 4.78 is 0.687. The van der Waals surface area contributed by atoms with Gasteiger partial charge in [0, 0.05) is 10.2 Å². The molecule has 5 heteroatoms. The summed E-state index contributed by atoms with van der Waals surface area (Å²) in [5.74, 6) is -0.236. The lowest BCUT2D eigenvalue weighted by atomic mass is 10.1. The fraction of sp³-hybridized carbons (Fsp3) is 0.364. The number of nitrogens with two attached hydrogens (primary N) is 1. The molecule has 1 aromatic rings. The largest absolute Gasteiger partial charge is 0.399 e. The van der Waals surface area contributed by atoms with Crippen molar-refractivity contribution in [3.63, 3.8) is 0 Å². The van der Waals surface area contributed by atoms with Crippen molar-refractivity contribution in [2.75, 3.05) is 12.3 Å². The van der Waals surface area contributed by atoms with Crippen molar-refractivity contribution in [1.82, 2.24) is 5.32 Å². The molecule has 1 aromatic carbocycles. The predicted molar refractivity (Wildman–Crippen MR) is 67.2 cm³/mol. The van der Waals surface area contributed by atoms with Gasteiger partial charge in [-0.1, -0.05) is 6.92 Å². The molecule has 0 saturated heterocycles. The maximum absolute atomic E-state index is 11.8. The minimum absolute atomic E-state index is 0.0673. The van der Waals surface area contributed by atoms with E-state index in [0.29, 0.717) is 22.1 Å². The van der Waals surface area contributed by atoms with E-state index in [9.17, 15) is 4.79 Å². The molecule has 16 heavy (non-hydrogen) atoms. The fourth-order valence-corrected chi connectivity index (χ4v) is 1.68. The number of hydrogen-bond acceptors (Lipinski definition) is 3. The highest BCUT2D eigenvalue weighted by Gasteiger charge is 2.14. The van der Waals surface area contributed by atoms with Crippen LogP contribution in [0.2, 0.25) is 0 Å². The number of carbonyl (C=O) groups is 1. The maximum Gasteiger partial charge on any atom is 0.252 e. The van der Waals surface area contributed by atoms with Crippen LogP contribution in [0.15, 0.2) is 22.7 Å². The summed E-state index contributed by atoms with van der Waals surface area (Å²) in [7, 11) is 0. The van der Waals surface area contributed by atoms with Crippen molar-refractivity contribution in [2.45, 2.75) is 19.4 Å². The first kappa shape index (κ1) is 13.0. The molecule has 0 bridgehead atoms. The number of benzene rings is 1. The Morgan fingerprint density at radius 1 is 1.62 bits per heavy atom. The number of aliphatic hydroxyl groups excluding tert-OH is 1. The lowest BCUT2D eigenvalue weighted by Crippen LogP contribution is -2.37. The van der Waals surface area contributed by atoms with Gasteiger partial charge in [-0.3, -0.25) is 4.79 Å². The van der Waals surface area contributed by atoms with Gasteiger partial charge < -0.3 is 16.2 Å². The highest BCUT2D eigenvalue weighted by molar-refractivity contribution is 9.10. The Balaban J connectivity index is 2.83. The lowest BCUT2D eigenvalue weighted by molar-refractivity contribution is 0.0914. The van der Waals surface area contributed by atoms with Gasteiger partial charge in [-0.25, -0.2) is 0 Å². The molecule has 0 radical (unpaired) electrons. The van der Waals surface area contributed by atoms with Crippen molar-refractivity contribution in [2.24, 2.45) is 0 Å². The SMILES string of the molecule is CCC(CO)NC(=O)c1cc(N)ccc1Br. The first-order valence-electron chi connectivity index (χ1n) is 5.05. The lowest BCUT2D eigenvalue weighted by Gasteiger charge is -2.14. The molecule has 0 saturated carbocycles. The van der Waals surface area contributed by atoms with Gasteiger partial charge >= 0.3 is 0 Å². The van der Waals surface area contributed by atoms with E-state index in [1.165, 1.54) is 0 Å². The van der Waals surface area contributed by atoms with E-state index in [2.05, 4.69) is 21.2 Å². The van der Waals surface area contributed by atoms with Crippen LogP contribution in [0.3, 0.4) is 0 Å². The van der Waals surface area contributed by atoms with Crippen molar-refractivity contribution in [3.05, 3.63) is 28.2 Å². The molecule has 0 aliphatic heterocycles. The second-order valence-electron chi connectivity index (χ2n) is 3.50. The zero-order valence-electron chi connectivity index (χ0n) is 9.03. The standard InChI is InChI=1S/C11H15BrN2O2/c1-2-8(6-15)14-11(16)9-5-7(13)3-4-10(9)12/h3-5,8,15H,2,6,13H2,1H3,(H,14,16). The summed E-state index contributed by atoms with van der Waals surface area (Å²) >= 11 is 3.29. The second kappa shape index (κ2) is 5.86. The Bertz CT molecular complexity index is 378. The number of hydrogen-bond donors (Lipinski definition) is 3. The number of carbonyl (C=O) groups excluding carboxylic acids is 1. The Hall–Kier alpha value is -1.07. The summed E-state index contributed by atoms with van der Waals surface area (Å²) in [6.07, 6.45) is 0.683. The monoisotopic (exact) mass is 286 g/mol. The zero-order chi connectivity index (χ0) is 12.1. The van der Waals surface area contributed by atoms with Gasteiger partial charge in [-0.05, 0) is 40.5 Å². The van der Waals surface area contributed by atoms with Gasteiger partial charge in [0.1, 0.15) is 0 Å². The van der Waals surface area contributed by atoms with E-state index < -0.39 is 0 Å². The second-order valence-corrected chi connectivity index (χ2v) is 4.35. The molecule has 0 aromatic heterocycles. The van der Waals surface area contributed by atoms with Gasteiger partial charge in [0.15, 0.2) is 0 Å². The average Bonchev–Trinajstić information content (AvgIpc) is 2.28. The topological polar surface area (TPSA) is 75.3 Å². The number of amides is 1. The quantitative estimate of drug-likeness (QED) is 0.735. The van der Waals surface area contributed by atoms with Crippen LogP contribution in [0.1, 0.15) is 23.7 Å². The van der Waals surface area contributed by atoms with Crippen LogP contribution >= 0.6 is 15.9 Å². The van der Waals surface area contributed by atoms with E-state index in [0.717, 1.165) is 0 Å². The van der Waals surface area contributed by atoms with Gasteiger partial charge in [-0.2, -0.15) is 0 Å². The van der Waals surface area contributed by atoms with Crippen molar-refractivity contribution in [1.29, 1.82) is 0 Å². The van der Waals surface area contributed by atoms with Crippen LogP contribution in [0, 0.1) is 0 Å². The van der Waals surface area contributed by atoms with E-state index in [1.54, 1.807) is 18.2 Å². The molecule has 0 aliphatic rings. The van der Waals surface area contributed by atoms with E-state index in [1.807, 2.05) is 6.92 Å². The minimum atomic E-state index is -0.236. The summed E-state index contributed by atoms with van der Waals surface area (Å²) in [6.45, 7) is 1.83. The fourth-order valence-electron chi connectivity index (χ4n) is 1.26. The van der Waals surface area contributed by atoms with Crippen LogP contribution < -0.4 is 11.1 Å². The number of aliphatic hydroxyl groups is 1. The normalized spacial score (nSPS) is 12.2. The zero-order valence-corrected chi connectivity index (χ0v) is 10.6. The van der Waals surface area contributed by atoms with Gasteiger partial charge in [0.05, 0.1) is 18.2 Å². The number of rotatable bonds is 4. The third-order valence-corrected chi connectivity index (χ3v) is 2.97. The van der Waals surface area contributed by atoms with Crippen molar-refractivity contribution < 1.29 is 9.90 Å². The molecular weight excluding hydrogens is 272 g/mol. The predicted octanol–water partition coefficient (Wildman–Crippen LogP) is 1.53. The van der Waals surface area contributed by atoms with Gasteiger partial charge in [0.2, 0.25) is 0 Å². The highest BCUT2D eigenvalue weighted by atomic mass is 79.9. The first-order valence-corrected chi connectivity index (χ1v) is 5.84. The minimum Gasteiger partial charge on any atom is -0.399 e. The summed E-state index contributed by atoms with van der Waals surface area (Å²) in [5.41, 5.74) is 6.62. The molecule has 0 aliphatic carbocycles. The molecule has 0 heterocycles. The number of anilines is 1. The summed E-state index contributed by atoms with van der Waals surface area (Å²) in [6, 6.07) is 4.82. The van der Waals surface area contributed by atoms with Crippen molar-refractivity contribution in [3.8, 4) is 0 Å². The number of nitrogens with one attached hydrogen (secondary N) is 1. The van der Waals surface area contributed by atoms with Gasteiger partial charge in [-0.15, -0.1) is 0 Å². The number of nitrogen functional groups attached to an aromatic ring is 1. The van der Waals surface area contributed by atoms with Crippen LogP contribution in [-0.2, 0) is 0 Å². The molecule has 0 fully saturated rings. The molecule has 1 unspecified atom stereocenters. The molecule has 1 atom stereocenters. The molecule has 4 N–H and O–H groups in total. The molecule has 88 valence electrons.